The zero-order chi connectivity index (χ0) is 11.8. The minimum Gasteiger partial charge on any atom is -0.273 e. The second kappa shape index (κ2) is 4.15. The van der Waals surface area contributed by atoms with E-state index in [4.69, 9.17) is 0 Å². The summed E-state index contributed by atoms with van der Waals surface area (Å²) in [5.74, 6) is 0.524. The summed E-state index contributed by atoms with van der Waals surface area (Å²) in [5, 5.41) is 4.14. The molecule has 2 atom stereocenters. The summed E-state index contributed by atoms with van der Waals surface area (Å²) in [6.07, 6.45) is 3.41. The first-order chi connectivity index (χ1) is 8.33. The fourth-order valence-corrected chi connectivity index (χ4v) is 3.24. The van der Waals surface area contributed by atoms with E-state index in [0.717, 1.165) is 25.1 Å². The lowest BCUT2D eigenvalue weighted by molar-refractivity contribution is -0.120. The Morgan fingerprint density at radius 3 is 2.71 bits per heavy atom. The van der Waals surface area contributed by atoms with Crippen LogP contribution >= 0.6 is 0 Å². The highest BCUT2D eigenvalue weighted by Crippen LogP contribution is 2.39. The fraction of sp³-hybridized carbons (Fsp3) is 0.500. The molecule has 2 fully saturated rings. The molecule has 3 nitrogen and oxygen atoms in total. The Hall–Kier alpha value is -1.35. The van der Waals surface area contributed by atoms with Crippen molar-refractivity contribution >= 4 is 11.6 Å². The van der Waals surface area contributed by atoms with Gasteiger partial charge in [0.05, 0.1) is 11.6 Å². The third kappa shape index (κ3) is 1.57. The first kappa shape index (κ1) is 10.8. The predicted molar refractivity (Wildman–Crippen MR) is 67.4 cm³/mol. The summed E-state index contributed by atoms with van der Waals surface area (Å²) in [5.41, 5.74) is 1.01. The SMILES string of the molecule is CCN1C2CCCC2C(=O)N1c1ccccc1. The normalized spacial score (nSPS) is 28.8. The van der Waals surface area contributed by atoms with Gasteiger partial charge >= 0.3 is 0 Å². The highest BCUT2D eigenvalue weighted by Gasteiger charge is 2.48. The third-order valence-corrected chi connectivity index (χ3v) is 3.97. The molecule has 0 spiro atoms. The molecule has 1 amide bonds. The molecule has 0 bridgehead atoms. The summed E-state index contributed by atoms with van der Waals surface area (Å²) >= 11 is 0. The maximum absolute atomic E-state index is 12.4. The molecule has 90 valence electrons. The summed E-state index contributed by atoms with van der Waals surface area (Å²) in [4.78, 5) is 12.4. The summed E-state index contributed by atoms with van der Waals surface area (Å²) in [6.45, 7) is 3.03. The van der Waals surface area contributed by atoms with E-state index in [1.807, 2.05) is 35.3 Å². The Bertz CT molecular complexity index is 417. The van der Waals surface area contributed by atoms with Gasteiger partial charge in [-0.05, 0) is 25.0 Å². The van der Waals surface area contributed by atoms with Crippen LogP contribution in [0.1, 0.15) is 26.2 Å². The van der Waals surface area contributed by atoms with Gasteiger partial charge in [-0.3, -0.25) is 4.79 Å². The molecule has 1 aromatic rings. The minimum absolute atomic E-state index is 0.232. The van der Waals surface area contributed by atoms with Crippen molar-refractivity contribution in [3.63, 3.8) is 0 Å². The van der Waals surface area contributed by atoms with Gasteiger partial charge in [0.2, 0.25) is 5.91 Å². The number of hydrogen-bond donors (Lipinski definition) is 0. The lowest BCUT2D eigenvalue weighted by Gasteiger charge is -2.30. The number of amides is 1. The summed E-state index contributed by atoms with van der Waals surface area (Å²) < 4.78 is 0. The van der Waals surface area contributed by atoms with E-state index < -0.39 is 0 Å². The van der Waals surface area contributed by atoms with Crippen molar-refractivity contribution in [3.8, 4) is 0 Å². The van der Waals surface area contributed by atoms with Crippen molar-refractivity contribution in [2.75, 3.05) is 11.6 Å². The van der Waals surface area contributed by atoms with Crippen LogP contribution in [-0.4, -0.2) is 23.5 Å². The largest absolute Gasteiger partial charge is 0.273 e. The smallest absolute Gasteiger partial charge is 0.246 e. The molecule has 2 aliphatic rings. The first-order valence-corrected chi connectivity index (χ1v) is 6.48. The van der Waals surface area contributed by atoms with Crippen LogP contribution in [0, 0.1) is 5.92 Å². The van der Waals surface area contributed by atoms with Crippen molar-refractivity contribution in [2.45, 2.75) is 32.2 Å². The minimum atomic E-state index is 0.232. The zero-order valence-corrected chi connectivity index (χ0v) is 10.2. The van der Waals surface area contributed by atoms with Gasteiger partial charge in [0.25, 0.3) is 0 Å². The average Bonchev–Trinajstić information content (AvgIpc) is 2.93. The molecule has 1 heterocycles. The molecular weight excluding hydrogens is 212 g/mol. The quantitative estimate of drug-likeness (QED) is 0.779. The van der Waals surface area contributed by atoms with Gasteiger partial charge in [-0.15, -0.1) is 0 Å². The second-order valence-corrected chi connectivity index (χ2v) is 4.85. The van der Waals surface area contributed by atoms with E-state index in [1.54, 1.807) is 0 Å². The highest BCUT2D eigenvalue weighted by atomic mass is 16.2. The standard InChI is InChI=1S/C14H18N2O/c1-2-15-13-10-6-9-12(13)14(17)16(15)11-7-4-3-5-8-11/h3-5,7-8,12-13H,2,6,9-10H2,1H3. The Morgan fingerprint density at radius 2 is 2.00 bits per heavy atom. The van der Waals surface area contributed by atoms with Crippen LogP contribution in [0.3, 0.4) is 0 Å². The molecular formula is C14H18N2O. The monoisotopic (exact) mass is 230 g/mol. The molecule has 1 aromatic carbocycles. The Balaban J connectivity index is 1.96. The van der Waals surface area contributed by atoms with E-state index in [2.05, 4.69) is 11.9 Å². The van der Waals surface area contributed by atoms with E-state index in [1.165, 1.54) is 6.42 Å². The van der Waals surface area contributed by atoms with Crippen molar-refractivity contribution in [1.82, 2.24) is 5.01 Å². The van der Waals surface area contributed by atoms with Gasteiger partial charge in [-0.25, -0.2) is 10.0 Å². The van der Waals surface area contributed by atoms with Gasteiger partial charge in [0, 0.05) is 12.6 Å². The predicted octanol–water partition coefficient (Wildman–Crippen LogP) is 2.44. The molecule has 0 aromatic heterocycles. The van der Waals surface area contributed by atoms with Gasteiger partial charge in [-0.2, -0.15) is 0 Å². The number of benzene rings is 1. The van der Waals surface area contributed by atoms with Gasteiger partial charge in [0.1, 0.15) is 0 Å². The highest BCUT2D eigenvalue weighted by molar-refractivity contribution is 5.97. The first-order valence-electron chi connectivity index (χ1n) is 6.48. The van der Waals surface area contributed by atoms with Crippen LogP contribution in [0.15, 0.2) is 30.3 Å². The van der Waals surface area contributed by atoms with E-state index in [-0.39, 0.29) is 5.92 Å². The molecule has 1 aliphatic heterocycles. The lowest BCUT2D eigenvalue weighted by atomic mass is 10.1. The number of anilines is 1. The van der Waals surface area contributed by atoms with Crippen molar-refractivity contribution < 1.29 is 4.79 Å². The van der Waals surface area contributed by atoms with Gasteiger partial charge < -0.3 is 0 Å². The van der Waals surface area contributed by atoms with Gasteiger partial charge in [-0.1, -0.05) is 31.5 Å². The van der Waals surface area contributed by atoms with Crippen LogP contribution in [0.5, 0.6) is 0 Å². The maximum Gasteiger partial charge on any atom is 0.246 e. The van der Waals surface area contributed by atoms with Crippen LogP contribution in [0.4, 0.5) is 5.69 Å². The molecule has 1 aliphatic carbocycles. The molecule has 3 rings (SSSR count). The molecule has 1 saturated carbocycles. The van der Waals surface area contributed by atoms with Gasteiger partial charge in [0.15, 0.2) is 0 Å². The number of hydrogen-bond acceptors (Lipinski definition) is 2. The zero-order valence-electron chi connectivity index (χ0n) is 10.2. The Labute approximate surface area is 102 Å². The van der Waals surface area contributed by atoms with Crippen LogP contribution in [0.25, 0.3) is 0 Å². The molecule has 3 heteroatoms. The molecule has 0 N–H and O–H groups in total. The van der Waals surface area contributed by atoms with Crippen molar-refractivity contribution in [2.24, 2.45) is 5.92 Å². The number of carbonyl (C=O) groups is 1. The number of fused-ring (bicyclic) bond motifs is 1. The van der Waals surface area contributed by atoms with Crippen LogP contribution in [0.2, 0.25) is 0 Å². The number of carbonyl (C=O) groups excluding carboxylic acids is 1. The van der Waals surface area contributed by atoms with Crippen LogP contribution in [-0.2, 0) is 4.79 Å². The van der Waals surface area contributed by atoms with E-state index in [9.17, 15) is 4.79 Å². The molecule has 0 radical (unpaired) electrons. The molecule has 1 saturated heterocycles. The molecule has 2 unspecified atom stereocenters. The lowest BCUT2D eigenvalue weighted by Crippen LogP contribution is -2.42. The van der Waals surface area contributed by atoms with Crippen molar-refractivity contribution in [1.29, 1.82) is 0 Å². The third-order valence-electron chi connectivity index (χ3n) is 3.97. The number of rotatable bonds is 2. The maximum atomic E-state index is 12.4. The topological polar surface area (TPSA) is 23.6 Å². The average molecular weight is 230 g/mol. The fourth-order valence-electron chi connectivity index (χ4n) is 3.24. The number of para-hydroxylation sites is 1. The number of nitrogens with zero attached hydrogens (tertiary/aromatic N) is 2. The Morgan fingerprint density at radius 1 is 1.24 bits per heavy atom. The second-order valence-electron chi connectivity index (χ2n) is 4.85. The summed E-state index contributed by atoms with van der Waals surface area (Å²) in [6, 6.07) is 10.4. The number of hydrazine groups is 1. The van der Waals surface area contributed by atoms with E-state index >= 15 is 0 Å². The van der Waals surface area contributed by atoms with Crippen molar-refractivity contribution in [3.05, 3.63) is 30.3 Å². The molecule has 17 heavy (non-hydrogen) atoms. The van der Waals surface area contributed by atoms with E-state index in [0.29, 0.717) is 11.9 Å². The van der Waals surface area contributed by atoms with Crippen LogP contribution < -0.4 is 5.01 Å². The summed E-state index contributed by atoms with van der Waals surface area (Å²) in [7, 11) is 0. The Kier molecular flexibility index (Phi) is 2.63.